The summed E-state index contributed by atoms with van der Waals surface area (Å²) in [7, 11) is 0. The Morgan fingerprint density at radius 3 is 2.00 bits per heavy atom. The first-order valence-electron chi connectivity index (χ1n) is 2.05. The maximum Gasteiger partial charge on any atom is 0.0344 e. The van der Waals surface area contributed by atoms with Crippen LogP contribution in [0.5, 0.6) is 0 Å². The molecule has 44 valence electrons. The summed E-state index contributed by atoms with van der Waals surface area (Å²) in [5.41, 5.74) is 6.08. The highest BCUT2D eigenvalue weighted by Crippen LogP contribution is 1.92. The third-order valence-electron chi connectivity index (χ3n) is 0.706. The van der Waals surface area contributed by atoms with Crippen molar-refractivity contribution in [3.8, 4) is 0 Å². The number of anilines is 1. The monoisotopic (exact) mass is 111 g/mol. The van der Waals surface area contributed by atoms with Crippen LogP contribution in [0.15, 0.2) is 24.5 Å². The SMILES string of the molecule is N.Nc1ccncc1. The molecule has 8 heavy (non-hydrogen) atoms. The zero-order valence-electron chi connectivity index (χ0n) is 4.54. The average molecular weight is 111 g/mol. The molecule has 3 heteroatoms. The second-order valence-electron chi connectivity index (χ2n) is 1.28. The quantitative estimate of drug-likeness (QED) is 0.520. The second-order valence-corrected chi connectivity index (χ2v) is 1.28. The van der Waals surface area contributed by atoms with Gasteiger partial charge in [0.05, 0.1) is 0 Å². The number of hydrogen-bond acceptors (Lipinski definition) is 3. The van der Waals surface area contributed by atoms with Crippen molar-refractivity contribution in [1.82, 2.24) is 11.1 Å². The smallest absolute Gasteiger partial charge is 0.0344 e. The third-order valence-corrected chi connectivity index (χ3v) is 0.706. The van der Waals surface area contributed by atoms with Gasteiger partial charge in [-0.1, -0.05) is 0 Å². The topological polar surface area (TPSA) is 73.9 Å². The molecule has 0 fully saturated rings. The van der Waals surface area contributed by atoms with Gasteiger partial charge in [-0.05, 0) is 12.1 Å². The van der Waals surface area contributed by atoms with Gasteiger partial charge in [0.25, 0.3) is 0 Å². The van der Waals surface area contributed by atoms with Crippen LogP contribution in [0.1, 0.15) is 0 Å². The fraction of sp³-hybridized carbons (Fsp3) is 0. The highest BCUT2D eigenvalue weighted by molar-refractivity contribution is 5.33. The summed E-state index contributed by atoms with van der Waals surface area (Å²) >= 11 is 0. The Bertz CT molecular complexity index is 138. The van der Waals surface area contributed by atoms with Gasteiger partial charge in [-0.25, -0.2) is 0 Å². The first kappa shape index (κ1) is 6.91. The minimum atomic E-state index is 0. The molecular weight excluding hydrogens is 102 g/mol. The van der Waals surface area contributed by atoms with Crippen molar-refractivity contribution in [2.24, 2.45) is 0 Å². The van der Waals surface area contributed by atoms with Crippen molar-refractivity contribution < 1.29 is 0 Å². The van der Waals surface area contributed by atoms with E-state index in [1.54, 1.807) is 24.5 Å². The fourth-order valence-corrected chi connectivity index (χ4v) is 0.363. The van der Waals surface area contributed by atoms with E-state index >= 15 is 0 Å². The van der Waals surface area contributed by atoms with Crippen molar-refractivity contribution in [2.75, 3.05) is 5.73 Å². The van der Waals surface area contributed by atoms with Gasteiger partial charge in [-0.2, -0.15) is 0 Å². The van der Waals surface area contributed by atoms with Gasteiger partial charge in [-0.3, -0.25) is 4.98 Å². The molecule has 0 amide bonds. The lowest BCUT2D eigenvalue weighted by molar-refractivity contribution is 1.33. The van der Waals surface area contributed by atoms with Crippen LogP contribution in [0.4, 0.5) is 5.69 Å². The van der Waals surface area contributed by atoms with E-state index in [1.807, 2.05) is 0 Å². The fourth-order valence-electron chi connectivity index (χ4n) is 0.363. The lowest BCUT2D eigenvalue weighted by Crippen LogP contribution is -1.81. The van der Waals surface area contributed by atoms with E-state index < -0.39 is 0 Å². The van der Waals surface area contributed by atoms with Crippen molar-refractivity contribution in [3.63, 3.8) is 0 Å². The number of nitrogen functional groups attached to an aromatic ring is 1. The molecule has 0 atom stereocenters. The Morgan fingerprint density at radius 2 is 1.75 bits per heavy atom. The lowest BCUT2D eigenvalue weighted by atomic mass is 10.4. The molecule has 0 bridgehead atoms. The number of nitrogens with zero attached hydrogens (tertiary/aromatic N) is 1. The predicted octanol–water partition coefficient (Wildman–Crippen LogP) is 0.826. The highest BCUT2D eigenvalue weighted by atomic mass is 14.6. The molecule has 0 saturated heterocycles. The van der Waals surface area contributed by atoms with Gasteiger partial charge in [0, 0.05) is 18.1 Å². The van der Waals surface area contributed by atoms with E-state index in [2.05, 4.69) is 4.98 Å². The molecule has 1 rings (SSSR count). The van der Waals surface area contributed by atoms with E-state index in [1.165, 1.54) is 0 Å². The van der Waals surface area contributed by atoms with Crippen LogP contribution in [-0.2, 0) is 0 Å². The molecule has 0 saturated carbocycles. The summed E-state index contributed by atoms with van der Waals surface area (Å²) in [6, 6.07) is 3.50. The van der Waals surface area contributed by atoms with E-state index in [0.29, 0.717) is 0 Å². The van der Waals surface area contributed by atoms with Crippen molar-refractivity contribution >= 4 is 5.69 Å². The highest BCUT2D eigenvalue weighted by Gasteiger charge is 1.73. The van der Waals surface area contributed by atoms with E-state index in [4.69, 9.17) is 5.73 Å². The van der Waals surface area contributed by atoms with Crippen LogP contribution >= 0.6 is 0 Å². The van der Waals surface area contributed by atoms with Crippen molar-refractivity contribution in [1.29, 1.82) is 0 Å². The molecule has 0 aromatic carbocycles. The standard InChI is InChI=1S/C5H6N2.H3N/c6-5-1-3-7-4-2-5;/h1-4H,(H2,6,7);1H3. The minimum absolute atomic E-state index is 0. The molecule has 1 aromatic heterocycles. The Labute approximate surface area is 48.1 Å². The van der Waals surface area contributed by atoms with Crippen molar-refractivity contribution in [3.05, 3.63) is 24.5 Å². The first-order chi connectivity index (χ1) is 3.39. The first-order valence-corrected chi connectivity index (χ1v) is 2.05. The Balaban J connectivity index is 0.000000490. The van der Waals surface area contributed by atoms with Crippen LogP contribution < -0.4 is 11.9 Å². The summed E-state index contributed by atoms with van der Waals surface area (Å²) < 4.78 is 0. The van der Waals surface area contributed by atoms with Gasteiger partial charge in [0.15, 0.2) is 0 Å². The molecule has 0 aliphatic rings. The number of rotatable bonds is 0. The normalized spacial score (nSPS) is 7.50. The largest absolute Gasteiger partial charge is 0.399 e. The van der Waals surface area contributed by atoms with Crippen LogP contribution in [0, 0.1) is 0 Å². The second kappa shape index (κ2) is 2.98. The Hall–Kier alpha value is -1.09. The van der Waals surface area contributed by atoms with Gasteiger partial charge in [-0.15, -0.1) is 0 Å². The zero-order chi connectivity index (χ0) is 5.11. The summed E-state index contributed by atoms with van der Waals surface area (Å²) in [5.74, 6) is 0. The van der Waals surface area contributed by atoms with Gasteiger partial charge in [0.2, 0.25) is 0 Å². The molecule has 0 aliphatic carbocycles. The molecule has 0 spiro atoms. The maximum atomic E-state index is 5.32. The maximum absolute atomic E-state index is 5.32. The van der Waals surface area contributed by atoms with Crippen molar-refractivity contribution in [2.45, 2.75) is 0 Å². The van der Waals surface area contributed by atoms with Crippen LogP contribution in [-0.4, -0.2) is 4.98 Å². The third kappa shape index (κ3) is 1.57. The molecule has 1 heterocycles. The number of pyridine rings is 1. The van der Waals surface area contributed by atoms with Crippen LogP contribution in [0.25, 0.3) is 0 Å². The average Bonchev–Trinajstić information content (AvgIpc) is 1.69. The molecule has 1 aromatic rings. The van der Waals surface area contributed by atoms with E-state index in [0.717, 1.165) is 5.69 Å². The molecule has 5 N–H and O–H groups in total. The van der Waals surface area contributed by atoms with Crippen LogP contribution in [0.3, 0.4) is 0 Å². The predicted molar refractivity (Wildman–Crippen MR) is 33.7 cm³/mol. The number of nitrogens with two attached hydrogens (primary N) is 1. The van der Waals surface area contributed by atoms with E-state index in [9.17, 15) is 0 Å². The number of hydrogen-bond donors (Lipinski definition) is 2. The summed E-state index contributed by atoms with van der Waals surface area (Å²) in [5, 5.41) is 0. The lowest BCUT2D eigenvalue weighted by Gasteiger charge is -1.83. The summed E-state index contributed by atoms with van der Waals surface area (Å²) in [6.07, 6.45) is 3.32. The molecule has 0 unspecified atom stereocenters. The minimum Gasteiger partial charge on any atom is -0.399 e. The molecule has 0 radical (unpaired) electrons. The Kier molecular flexibility index (Phi) is 2.58. The summed E-state index contributed by atoms with van der Waals surface area (Å²) in [6.45, 7) is 0. The van der Waals surface area contributed by atoms with Gasteiger partial charge < -0.3 is 11.9 Å². The molecular formula is C5H9N3. The number of aromatic nitrogens is 1. The zero-order valence-corrected chi connectivity index (χ0v) is 4.54. The van der Waals surface area contributed by atoms with Crippen LogP contribution in [0.2, 0.25) is 0 Å². The molecule has 3 nitrogen and oxygen atoms in total. The molecule has 0 aliphatic heterocycles. The summed E-state index contributed by atoms with van der Waals surface area (Å²) in [4.78, 5) is 3.77. The van der Waals surface area contributed by atoms with Gasteiger partial charge >= 0.3 is 0 Å². The van der Waals surface area contributed by atoms with E-state index in [-0.39, 0.29) is 6.15 Å². The Morgan fingerprint density at radius 1 is 1.25 bits per heavy atom. The van der Waals surface area contributed by atoms with Gasteiger partial charge in [0.1, 0.15) is 0 Å².